The zero-order valence-corrected chi connectivity index (χ0v) is 17.1. The van der Waals surface area contributed by atoms with Crippen molar-refractivity contribution >= 4 is 28.5 Å². The molecule has 1 fully saturated rings. The summed E-state index contributed by atoms with van der Waals surface area (Å²) in [5.41, 5.74) is 4.17. The quantitative estimate of drug-likeness (QED) is 0.717. The lowest BCUT2D eigenvalue weighted by atomic mass is 10.1. The molecular formula is C23H24FN3O3. The molecule has 0 bridgehead atoms. The Balaban J connectivity index is 1.51. The van der Waals surface area contributed by atoms with Gasteiger partial charge in [-0.25, -0.2) is 9.18 Å². The highest BCUT2D eigenvalue weighted by Crippen LogP contribution is 2.26. The zero-order valence-electron chi connectivity index (χ0n) is 17.1. The number of carboxylic acid groups (broad SMARTS) is 1. The highest BCUT2D eigenvalue weighted by Gasteiger charge is 2.25. The van der Waals surface area contributed by atoms with Gasteiger partial charge >= 0.3 is 5.97 Å². The molecule has 156 valence electrons. The van der Waals surface area contributed by atoms with Gasteiger partial charge < -0.3 is 19.5 Å². The van der Waals surface area contributed by atoms with Gasteiger partial charge in [0.25, 0.3) is 0 Å². The van der Waals surface area contributed by atoms with Crippen molar-refractivity contribution in [1.82, 2.24) is 9.47 Å². The first-order valence-electron chi connectivity index (χ1n) is 9.96. The molecule has 0 saturated carbocycles. The molecule has 0 spiro atoms. The smallest absolute Gasteiger partial charge is 0.352 e. The van der Waals surface area contributed by atoms with E-state index in [0.717, 1.165) is 13.1 Å². The van der Waals surface area contributed by atoms with Gasteiger partial charge in [0.2, 0.25) is 5.91 Å². The summed E-state index contributed by atoms with van der Waals surface area (Å²) in [6, 6.07) is 11.7. The van der Waals surface area contributed by atoms with Crippen molar-refractivity contribution < 1.29 is 19.1 Å². The van der Waals surface area contributed by atoms with Crippen LogP contribution >= 0.6 is 0 Å². The second-order valence-electron chi connectivity index (χ2n) is 7.73. The molecule has 1 amide bonds. The number of aromatic nitrogens is 1. The van der Waals surface area contributed by atoms with E-state index in [9.17, 15) is 19.1 Å². The Kier molecular flexibility index (Phi) is 5.20. The molecule has 1 saturated heterocycles. The van der Waals surface area contributed by atoms with Gasteiger partial charge in [-0.3, -0.25) is 4.79 Å². The van der Waals surface area contributed by atoms with Crippen LogP contribution in [0, 0.1) is 19.7 Å². The summed E-state index contributed by atoms with van der Waals surface area (Å²) in [7, 11) is 0. The number of fused-ring (bicyclic) bond motifs is 1. The van der Waals surface area contributed by atoms with Crippen LogP contribution in [0.2, 0.25) is 0 Å². The Morgan fingerprint density at radius 1 is 1.00 bits per heavy atom. The van der Waals surface area contributed by atoms with Crippen LogP contribution < -0.4 is 4.90 Å². The Morgan fingerprint density at radius 2 is 1.67 bits per heavy atom. The van der Waals surface area contributed by atoms with Crippen molar-refractivity contribution in [2.24, 2.45) is 0 Å². The molecule has 0 aliphatic carbocycles. The molecule has 2 heterocycles. The number of amides is 1. The van der Waals surface area contributed by atoms with E-state index in [1.54, 1.807) is 4.90 Å². The number of anilines is 1. The lowest BCUT2D eigenvalue weighted by Crippen LogP contribution is -2.50. The highest BCUT2D eigenvalue weighted by molar-refractivity contribution is 5.95. The third kappa shape index (κ3) is 3.63. The summed E-state index contributed by atoms with van der Waals surface area (Å²) >= 11 is 0. The van der Waals surface area contributed by atoms with Gasteiger partial charge in [-0.15, -0.1) is 0 Å². The lowest BCUT2D eigenvalue weighted by Gasteiger charge is -2.37. The first-order valence-corrected chi connectivity index (χ1v) is 9.96. The molecule has 3 aromatic rings. The molecular weight excluding hydrogens is 385 g/mol. The Morgan fingerprint density at radius 3 is 2.30 bits per heavy atom. The van der Waals surface area contributed by atoms with Crippen LogP contribution in [0.4, 0.5) is 10.1 Å². The standard InChI is InChI=1S/C23H24FN3O3/c1-15-4-3-5-16(2)22(15)26-10-8-25(9-11-26)21(28)14-27-19-7-6-18(24)12-17(19)13-20(27)23(29)30/h3-7,12-13H,8-11,14H2,1-2H3,(H,29,30). The van der Waals surface area contributed by atoms with E-state index in [2.05, 4.69) is 30.9 Å². The number of carboxylic acids is 1. The molecule has 7 heteroatoms. The summed E-state index contributed by atoms with van der Waals surface area (Å²) in [5.74, 6) is -1.72. The van der Waals surface area contributed by atoms with Crippen LogP contribution in [0.3, 0.4) is 0 Å². The minimum Gasteiger partial charge on any atom is -0.477 e. The van der Waals surface area contributed by atoms with E-state index < -0.39 is 11.8 Å². The van der Waals surface area contributed by atoms with Crippen molar-refractivity contribution in [3.8, 4) is 0 Å². The van der Waals surface area contributed by atoms with Gasteiger partial charge in [-0.1, -0.05) is 18.2 Å². The average Bonchev–Trinajstić information content (AvgIpc) is 3.06. The van der Waals surface area contributed by atoms with Gasteiger partial charge in [0.1, 0.15) is 18.1 Å². The van der Waals surface area contributed by atoms with Gasteiger partial charge in [0.15, 0.2) is 0 Å². The first-order chi connectivity index (χ1) is 14.3. The number of carbonyl (C=O) groups is 2. The van der Waals surface area contributed by atoms with Crippen LogP contribution in [0.25, 0.3) is 10.9 Å². The minimum absolute atomic E-state index is 0.0156. The highest BCUT2D eigenvalue weighted by atomic mass is 19.1. The second-order valence-corrected chi connectivity index (χ2v) is 7.73. The van der Waals surface area contributed by atoms with Crippen LogP contribution in [0.5, 0.6) is 0 Å². The fourth-order valence-electron chi connectivity index (χ4n) is 4.31. The van der Waals surface area contributed by atoms with Crippen molar-refractivity contribution in [1.29, 1.82) is 0 Å². The summed E-state index contributed by atoms with van der Waals surface area (Å²) in [5, 5.41) is 10.00. The Labute approximate surface area is 174 Å². The molecule has 0 atom stereocenters. The van der Waals surface area contributed by atoms with Crippen LogP contribution in [0.15, 0.2) is 42.5 Å². The number of hydrogen-bond acceptors (Lipinski definition) is 3. The largest absolute Gasteiger partial charge is 0.477 e. The van der Waals surface area contributed by atoms with Gasteiger partial charge in [0, 0.05) is 42.8 Å². The maximum absolute atomic E-state index is 13.5. The molecule has 30 heavy (non-hydrogen) atoms. The van der Waals surface area contributed by atoms with Crippen LogP contribution in [0.1, 0.15) is 21.6 Å². The molecule has 6 nitrogen and oxygen atoms in total. The monoisotopic (exact) mass is 409 g/mol. The molecule has 4 rings (SSSR count). The summed E-state index contributed by atoms with van der Waals surface area (Å²) in [4.78, 5) is 28.7. The van der Waals surface area contributed by atoms with E-state index >= 15 is 0 Å². The number of para-hydroxylation sites is 1. The molecule has 0 radical (unpaired) electrons. The number of nitrogens with zero attached hydrogens (tertiary/aromatic N) is 3. The van der Waals surface area contributed by atoms with E-state index in [4.69, 9.17) is 0 Å². The third-order valence-corrected chi connectivity index (χ3v) is 5.76. The number of benzene rings is 2. The number of hydrogen-bond donors (Lipinski definition) is 1. The number of halogens is 1. The minimum atomic E-state index is -1.14. The van der Waals surface area contributed by atoms with Crippen molar-refractivity contribution in [2.45, 2.75) is 20.4 Å². The zero-order chi connectivity index (χ0) is 21.4. The van der Waals surface area contributed by atoms with E-state index in [-0.39, 0.29) is 18.1 Å². The number of carbonyl (C=O) groups excluding carboxylic acids is 1. The van der Waals surface area contributed by atoms with Gasteiger partial charge in [-0.05, 0) is 49.2 Å². The predicted molar refractivity (Wildman–Crippen MR) is 114 cm³/mol. The predicted octanol–water partition coefficient (Wildman–Crippen LogP) is 3.44. The summed E-state index contributed by atoms with van der Waals surface area (Å²) < 4.78 is 15.0. The maximum Gasteiger partial charge on any atom is 0.352 e. The van der Waals surface area contributed by atoms with E-state index in [1.807, 2.05) is 6.07 Å². The SMILES string of the molecule is Cc1cccc(C)c1N1CCN(C(=O)Cn2c(C(=O)O)cc3cc(F)ccc32)CC1. The topological polar surface area (TPSA) is 65.8 Å². The normalized spacial score (nSPS) is 14.4. The van der Waals surface area contributed by atoms with Crippen molar-refractivity contribution in [3.05, 3.63) is 65.1 Å². The second kappa shape index (κ2) is 7.82. The molecule has 1 aliphatic rings. The Bertz CT molecular complexity index is 1110. The molecule has 1 aliphatic heterocycles. The third-order valence-electron chi connectivity index (χ3n) is 5.76. The molecule has 0 unspecified atom stereocenters. The van der Waals surface area contributed by atoms with Crippen molar-refractivity contribution in [3.63, 3.8) is 0 Å². The van der Waals surface area contributed by atoms with Gasteiger partial charge in [-0.2, -0.15) is 0 Å². The number of aryl methyl sites for hydroxylation is 2. The number of rotatable bonds is 4. The van der Waals surface area contributed by atoms with E-state index in [0.29, 0.717) is 24.0 Å². The number of piperazine rings is 1. The first kappa shape index (κ1) is 19.9. The Hall–Kier alpha value is -3.35. The molecule has 1 N–H and O–H groups in total. The van der Waals surface area contributed by atoms with Crippen LogP contribution in [-0.4, -0.2) is 52.6 Å². The molecule has 2 aromatic carbocycles. The lowest BCUT2D eigenvalue weighted by molar-refractivity contribution is -0.132. The average molecular weight is 409 g/mol. The summed E-state index contributed by atoms with van der Waals surface area (Å²) in [6.45, 7) is 6.69. The van der Waals surface area contributed by atoms with Gasteiger partial charge in [0.05, 0.1) is 0 Å². The molecule has 1 aromatic heterocycles. The number of aromatic carboxylic acids is 1. The fraction of sp³-hybridized carbons (Fsp3) is 0.304. The van der Waals surface area contributed by atoms with Crippen molar-refractivity contribution in [2.75, 3.05) is 31.1 Å². The van der Waals surface area contributed by atoms with Crippen LogP contribution in [-0.2, 0) is 11.3 Å². The fourth-order valence-corrected chi connectivity index (χ4v) is 4.31. The maximum atomic E-state index is 13.5. The van der Waals surface area contributed by atoms with E-state index in [1.165, 1.54) is 45.6 Å². The summed E-state index contributed by atoms with van der Waals surface area (Å²) in [6.07, 6.45) is 0.